The molecule has 4 aromatic heterocycles. The minimum atomic E-state index is -0.727. The van der Waals surface area contributed by atoms with Gasteiger partial charge in [-0.1, -0.05) is 12.1 Å². The average molecular weight is 815 g/mol. The van der Waals surface area contributed by atoms with Crippen LogP contribution in [0.4, 0.5) is 33.1 Å². The Hall–Kier alpha value is -7.21. The maximum absolute atomic E-state index is 13.5. The Morgan fingerprint density at radius 2 is 1.73 bits per heavy atom. The van der Waals surface area contributed by atoms with E-state index in [-0.39, 0.29) is 42.2 Å². The maximum atomic E-state index is 13.5. The highest BCUT2D eigenvalue weighted by molar-refractivity contribution is 6.01. The van der Waals surface area contributed by atoms with Crippen molar-refractivity contribution in [2.75, 3.05) is 49.8 Å². The minimum Gasteiger partial charge on any atom is -0.494 e. The quantitative estimate of drug-likeness (QED) is 0.128. The Kier molecular flexibility index (Phi) is 10.9. The van der Waals surface area contributed by atoms with Crippen molar-refractivity contribution in [2.45, 2.75) is 37.9 Å². The van der Waals surface area contributed by atoms with Crippen molar-refractivity contribution in [1.82, 2.24) is 44.6 Å². The molecule has 0 spiro atoms. The molecule has 0 aliphatic carbocycles. The summed E-state index contributed by atoms with van der Waals surface area (Å²) in [7, 11) is 6.84. The number of amides is 3. The Morgan fingerprint density at radius 3 is 2.47 bits per heavy atom. The topological polar surface area (TPSA) is 194 Å². The number of carbonyl (C=O) groups excluding carboxylic acids is 3. The zero-order valence-corrected chi connectivity index (χ0v) is 33.4. The van der Waals surface area contributed by atoms with Gasteiger partial charge >= 0.3 is 5.69 Å². The number of carbonyl (C=O) groups is 3. The highest BCUT2D eigenvalue weighted by Gasteiger charge is 2.32. The van der Waals surface area contributed by atoms with Gasteiger partial charge in [0.05, 0.1) is 53.0 Å². The molecule has 2 atom stereocenters. The number of likely N-dealkylation sites (N-methyl/N-ethyl adjacent to an activating group) is 1. The summed E-state index contributed by atoms with van der Waals surface area (Å²) >= 11 is 0. The highest BCUT2D eigenvalue weighted by Crippen LogP contribution is 2.37. The van der Waals surface area contributed by atoms with Crippen molar-refractivity contribution in [1.29, 1.82) is 0 Å². The lowest BCUT2D eigenvalue weighted by Gasteiger charge is -2.25. The molecule has 3 amide bonds. The van der Waals surface area contributed by atoms with Gasteiger partial charge in [-0.25, -0.2) is 29.1 Å². The van der Waals surface area contributed by atoms with E-state index in [9.17, 15) is 23.6 Å². The van der Waals surface area contributed by atoms with Crippen LogP contribution in [-0.2, 0) is 23.2 Å². The van der Waals surface area contributed by atoms with Crippen LogP contribution in [0.1, 0.15) is 41.2 Å². The fourth-order valence-electron chi connectivity index (χ4n) is 7.83. The van der Waals surface area contributed by atoms with Crippen LogP contribution in [0.15, 0.2) is 84.2 Å². The highest BCUT2D eigenvalue weighted by atomic mass is 19.1. The van der Waals surface area contributed by atoms with Crippen molar-refractivity contribution < 1.29 is 23.5 Å². The second-order valence-corrected chi connectivity index (χ2v) is 14.8. The van der Waals surface area contributed by atoms with Gasteiger partial charge in [0.25, 0.3) is 5.91 Å². The van der Waals surface area contributed by atoms with Crippen molar-refractivity contribution >= 4 is 57.5 Å². The van der Waals surface area contributed by atoms with Crippen LogP contribution in [0.2, 0.25) is 0 Å². The Labute approximate surface area is 343 Å². The van der Waals surface area contributed by atoms with Gasteiger partial charge in [-0.3, -0.25) is 33.7 Å². The fourth-order valence-corrected chi connectivity index (χ4v) is 7.83. The Morgan fingerprint density at radius 1 is 0.933 bits per heavy atom. The third-order valence-electron chi connectivity index (χ3n) is 11.0. The molecular weight excluding hydrogens is 772 g/mol. The number of nitrogens with one attached hydrogen (secondary N) is 4. The van der Waals surface area contributed by atoms with Crippen LogP contribution in [0.3, 0.4) is 0 Å². The molecule has 2 aromatic carbocycles. The average Bonchev–Trinajstić information content (AvgIpc) is 3.84. The molecule has 308 valence electrons. The number of halogens is 1. The Balaban J connectivity index is 0.927. The van der Waals surface area contributed by atoms with E-state index in [0.29, 0.717) is 51.9 Å². The van der Waals surface area contributed by atoms with Gasteiger partial charge in [0, 0.05) is 70.3 Å². The molecule has 2 aliphatic rings. The third kappa shape index (κ3) is 7.83. The van der Waals surface area contributed by atoms with Crippen molar-refractivity contribution in [3.8, 4) is 17.1 Å². The molecule has 0 radical (unpaired) electrons. The molecule has 0 saturated carbocycles. The van der Waals surface area contributed by atoms with E-state index in [4.69, 9.17) is 4.74 Å². The molecule has 2 fully saturated rings. The van der Waals surface area contributed by atoms with Crippen molar-refractivity contribution in [2.24, 2.45) is 7.05 Å². The number of fused-ring (bicyclic) bond motifs is 1. The number of rotatable bonds is 12. The largest absolute Gasteiger partial charge is 0.494 e. The molecule has 18 heteroatoms. The molecular formula is C42H43FN12O5. The molecule has 4 N–H and O–H groups in total. The molecule has 2 saturated heterocycles. The van der Waals surface area contributed by atoms with Crippen LogP contribution in [0, 0.1) is 5.82 Å². The molecule has 8 rings (SSSR count). The lowest BCUT2D eigenvalue weighted by atomic mass is 10.1. The molecule has 2 aliphatic heterocycles. The summed E-state index contributed by atoms with van der Waals surface area (Å²) in [6.45, 7) is 2.30. The third-order valence-corrected chi connectivity index (χ3v) is 11.0. The number of piperidine rings is 1. The molecule has 0 bridgehead atoms. The summed E-state index contributed by atoms with van der Waals surface area (Å²) in [5, 5.41) is 11.5. The summed E-state index contributed by atoms with van der Waals surface area (Å²) in [5.74, 6) is 0.000933. The first-order chi connectivity index (χ1) is 29.0. The summed E-state index contributed by atoms with van der Waals surface area (Å²) in [4.78, 5) is 72.4. The lowest BCUT2D eigenvalue weighted by Crippen LogP contribution is -2.44. The lowest BCUT2D eigenvalue weighted by molar-refractivity contribution is -0.135. The number of benzene rings is 2. The summed E-state index contributed by atoms with van der Waals surface area (Å²) in [5.41, 5.74) is 4.91. The van der Waals surface area contributed by atoms with Gasteiger partial charge in [0.1, 0.15) is 17.7 Å². The first-order valence-electron chi connectivity index (χ1n) is 19.4. The zero-order valence-electron chi connectivity index (χ0n) is 33.4. The van der Waals surface area contributed by atoms with Crippen molar-refractivity contribution in [3.63, 3.8) is 0 Å². The number of aromatic nitrogens is 6. The number of anilines is 5. The number of pyridine rings is 2. The first-order valence-corrected chi connectivity index (χ1v) is 19.4. The van der Waals surface area contributed by atoms with Crippen LogP contribution >= 0.6 is 0 Å². The molecule has 60 heavy (non-hydrogen) atoms. The number of aryl methyl sites for hydroxylation is 1. The molecule has 6 heterocycles. The van der Waals surface area contributed by atoms with Gasteiger partial charge in [0.15, 0.2) is 17.4 Å². The van der Waals surface area contributed by atoms with Gasteiger partial charge in [-0.15, -0.1) is 0 Å². The van der Waals surface area contributed by atoms with Crippen LogP contribution < -0.4 is 36.6 Å². The number of ether oxygens (including phenoxy) is 1. The number of imide groups is 1. The van der Waals surface area contributed by atoms with E-state index < -0.39 is 17.8 Å². The summed E-state index contributed by atoms with van der Waals surface area (Å²) in [6, 6.07) is 16.3. The molecule has 17 nitrogen and oxygen atoms in total. The maximum Gasteiger partial charge on any atom is 0.329 e. The number of nitrogens with zero attached hydrogens (tertiary/aromatic N) is 8. The number of hydrogen-bond donors (Lipinski definition) is 4. The van der Waals surface area contributed by atoms with Gasteiger partial charge in [-0.2, -0.15) is 0 Å². The number of hydrogen-bond acceptors (Lipinski definition) is 13. The number of para-hydroxylation sites is 1. The predicted molar refractivity (Wildman–Crippen MR) is 223 cm³/mol. The van der Waals surface area contributed by atoms with Gasteiger partial charge in [0.2, 0.25) is 11.8 Å². The standard InChI is InChI=1S/C42H43FN12O5/c1-44-40(57)29-21-46-36(17-31(29)49-30-7-5-6-28(38(30)60-4)39-47-19-25(43)20-48-39)50-35-12-8-24(18-45-35)22-52(2)27-14-15-54(23-27)26-9-10-32-34(16-26)53(3)42(59)55(32)33-11-13-37(56)51-41(33)58/h5-10,12,16-21,27,33H,11,13-15,22-23H2,1-4H3,(H,44,57)(H,51,56,58)(H2,45,46,49,50). The number of methoxy groups -OCH3 is 1. The smallest absolute Gasteiger partial charge is 0.329 e. The van der Waals surface area contributed by atoms with Gasteiger partial charge in [-0.05, 0) is 61.9 Å². The predicted octanol–water partition coefficient (Wildman–Crippen LogP) is 4.27. The normalized spacial score (nSPS) is 16.6. The Bertz CT molecular complexity index is 2670. The fraction of sp³-hybridized carbons (Fsp3) is 0.286. The van der Waals surface area contributed by atoms with E-state index in [1.807, 2.05) is 36.5 Å². The number of imidazole rings is 1. The summed E-state index contributed by atoms with van der Waals surface area (Å²) < 4.78 is 22.3. The SMILES string of the molecule is CNC(=O)c1cnc(Nc2ccc(CN(C)C3CCN(c4ccc5c(c4)n(C)c(=O)n5C4CCC(=O)NC4=O)C3)cn2)cc1Nc1cccc(-c2ncc(F)cn2)c1OC. The zero-order chi connectivity index (χ0) is 42.1. The molecule has 2 unspecified atom stereocenters. The second-order valence-electron chi connectivity index (χ2n) is 14.8. The van der Waals surface area contributed by atoms with Crippen LogP contribution in [0.25, 0.3) is 22.4 Å². The first kappa shape index (κ1) is 39.6. The van der Waals surface area contributed by atoms with E-state index in [1.165, 1.54) is 24.9 Å². The second kappa shape index (κ2) is 16.6. The van der Waals surface area contributed by atoms with Crippen LogP contribution in [0.5, 0.6) is 5.75 Å². The van der Waals surface area contributed by atoms with E-state index >= 15 is 0 Å². The summed E-state index contributed by atoms with van der Waals surface area (Å²) in [6.07, 6.45) is 6.88. The van der Waals surface area contributed by atoms with E-state index in [2.05, 4.69) is 58.1 Å². The van der Waals surface area contributed by atoms with Gasteiger partial charge < -0.3 is 25.6 Å². The minimum absolute atomic E-state index is 0.191. The van der Waals surface area contributed by atoms with Crippen molar-refractivity contribution in [3.05, 3.63) is 107 Å². The van der Waals surface area contributed by atoms with Crippen LogP contribution in [-0.4, -0.2) is 92.0 Å². The van der Waals surface area contributed by atoms with E-state index in [0.717, 1.165) is 48.7 Å². The monoisotopic (exact) mass is 814 g/mol. The molecule has 6 aromatic rings. The van der Waals surface area contributed by atoms with E-state index in [1.54, 1.807) is 35.9 Å².